The van der Waals surface area contributed by atoms with Gasteiger partial charge >= 0.3 is 0 Å². The fourth-order valence-electron chi connectivity index (χ4n) is 8.61. The largest absolute Gasteiger partial charge is 0.786 e. The zero-order valence-corrected chi connectivity index (χ0v) is 67.5. The molecule has 0 atom stereocenters. The number of aromatic nitrogens is 16. The van der Waals surface area contributed by atoms with Gasteiger partial charge in [0.25, 0.3) is 46.6 Å². The molecule has 36 heteroatoms. The van der Waals surface area contributed by atoms with Crippen molar-refractivity contribution in [1.29, 1.82) is 0 Å². The maximum Gasteiger partial charge on any atom is 0.253 e. The molecule has 8 aromatic heterocycles. The van der Waals surface area contributed by atoms with Crippen molar-refractivity contribution < 1.29 is 111 Å². The van der Waals surface area contributed by atoms with E-state index in [0.29, 0.717) is 0 Å². The van der Waals surface area contributed by atoms with Crippen molar-refractivity contribution in [1.82, 2.24) is 36.5 Å². The van der Waals surface area contributed by atoms with Crippen LogP contribution in [0.2, 0.25) is 0 Å². The van der Waals surface area contributed by atoms with Gasteiger partial charge in [0.2, 0.25) is 0 Å². The van der Waals surface area contributed by atoms with Crippen molar-refractivity contribution in [3.8, 4) is 0 Å². The molecular formula is C64H120F4N16O12P4. The molecule has 0 aliphatic rings. The standard InChI is InChI=1S/8C8H15N2.4FH2O3P/c8*1-4-5-10-7-6-9(3)8(10)2;4*1-5(2,3)4/h8*6-7H,4-5H2,1-3H3;4*(H2,2,3,4)/q8*+1;;;;/p-8. The van der Waals surface area contributed by atoms with Crippen molar-refractivity contribution in [2.45, 2.75) is 215 Å². The van der Waals surface area contributed by atoms with Crippen LogP contribution in [0.25, 0.3) is 0 Å². The van der Waals surface area contributed by atoms with Crippen LogP contribution in [0.3, 0.4) is 0 Å². The zero-order valence-electron chi connectivity index (χ0n) is 63.9. The summed E-state index contributed by atoms with van der Waals surface area (Å²) < 4.78 is 109. The molecule has 0 radical (unpaired) electrons. The third-order valence-electron chi connectivity index (χ3n) is 14.9. The minimum absolute atomic E-state index is 1.13. The molecule has 100 heavy (non-hydrogen) atoms. The van der Waals surface area contributed by atoms with E-state index >= 15 is 0 Å². The molecule has 8 rings (SSSR count). The number of aryl methyl sites for hydroxylation is 16. The van der Waals surface area contributed by atoms with Gasteiger partial charge in [-0.15, -0.1) is 0 Å². The van der Waals surface area contributed by atoms with E-state index in [1.54, 1.807) is 0 Å². The third kappa shape index (κ3) is 51.2. The molecule has 0 aliphatic carbocycles. The Labute approximate surface area is 593 Å². The molecule has 0 aromatic carbocycles. The maximum atomic E-state index is 10.1. The number of hydrogen-bond donors (Lipinski definition) is 0. The lowest BCUT2D eigenvalue weighted by Crippen LogP contribution is -2.29. The molecule has 0 saturated heterocycles. The van der Waals surface area contributed by atoms with Crippen LogP contribution in [0, 0.1) is 55.4 Å². The average Bonchev–Trinajstić information content (AvgIpc) is 1.86. The summed E-state index contributed by atoms with van der Waals surface area (Å²) in [5.74, 6) is 10.6. The molecule has 0 amide bonds. The quantitative estimate of drug-likeness (QED) is 0.0764. The molecule has 0 bridgehead atoms. The number of nitrogens with zero attached hydrogens (tertiary/aromatic N) is 16. The lowest BCUT2D eigenvalue weighted by molar-refractivity contribution is -0.677. The fourth-order valence-corrected chi connectivity index (χ4v) is 8.61. The topological polar surface area (TPSA) is 323 Å². The van der Waals surface area contributed by atoms with Crippen molar-refractivity contribution in [3.05, 3.63) is 146 Å². The van der Waals surface area contributed by atoms with Gasteiger partial charge < -0.3 is 57.4 Å². The Morgan fingerprint density at radius 3 is 0.350 bits per heavy atom. The van der Waals surface area contributed by atoms with E-state index in [4.69, 9.17) is 57.4 Å². The molecule has 8 heterocycles. The van der Waals surface area contributed by atoms with E-state index in [-0.39, 0.29) is 0 Å². The summed E-state index contributed by atoms with van der Waals surface area (Å²) in [5.41, 5.74) is 0. The van der Waals surface area contributed by atoms with Crippen LogP contribution < -0.4 is 75.7 Å². The zero-order chi connectivity index (χ0) is 78.5. The molecule has 576 valence electrons. The van der Waals surface area contributed by atoms with Crippen LogP contribution >= 0.6 is 31.6 Å². The summed E-state index contributed by atoms with van der Waals surface area (Å²) in [4.78, 5) is 67.5. The predicted molar refractivity (Wildman–Crippen MR) is 360 cm³/mol. The van der Waals surface area contributed by atoms with Gasteiger partial charge in [0.05, 0.1) is 109 Å². The van der Waals surface area contributed by atoms with Gasteiger partial charge in [-0.05, 0) is 51.4 Å². The molecule has 0 unspecified atom stereocenters. The van der Waals surface area contributed by atoms with Crippen LogP contribution in [0.5, 0.6) is 0 Å². The van der Waals surface area contributed by atoms with Crippen molar-refractivity contribution >= 4 is 31.6 Å². The molecule has 0 spiro atoms. The molecule has 0 saturated carbocycles. The minimum atomic E-state index is -5.64. The Morgan fingerprint density at radius 2 is 0.310 bits per heavy atom. The van der Waals surface area contributed by atoms with E-state index < -0.39 is 31.6 Å². The first kappa shape index (κ1) is 100. The van der Waals surface area contributed by atoms with Crippen LogP contribution in [-0.4, -0.2) is 36.5 Å². The third-order valence-corrected chi connectivity index (χ3v) is 14.9. The highest BCUT2D eigenvalue weighted by Gasteiger charge is 2.11. The second-order valence-electron chi connectivity index (χ2n) is 22.9. The summed E-state index contributed by atoms with van der Waals surface area (Å²) in [5, 5.41) is 0. The minimum Gasteiger partial charge on any atom is -0.786 e. The summed E-state index contributed by atoms with van der Waals surface area (Å²) in [6.45, 7) is 43.7. The Hall–Kier alpha value is -6.00. The predicted octanol–water partition coefficient (Wildman–Crippen LogP) is 3.39. The van der Waals surface area contributed by atoms with Gasteiger partial charge in [0, 0.05) is 55.4 Å². The van der Waals surface area contributed by atoms with E-state index in [1.165, 1.54) is 98.0 Å². The fraction of sp³-hybridized carbons (Fsp3) is 0.625. The number of hydrogen-bond acceptors (Lipinski definition) is 12. The Morgan fingerprint density at radius 1 is 0.240 bits per heavy atom. The SMILES string of the molecule is CCCn1cc[n+](C)c1C.CCCn1cc[n+](C)c1C.CCCn1cc[n+](C)c1C.CCCn1cc[n+](C)c1C.CCCn1cc[n+](C)c1C.CCCn1cc[n+](C)c1C.CCCn1cc[n+](C)c1C.CCCn1cc[n+](C)c1C.O=P([O-])([O-])F.O=P([O-])([O-])F.O=P([O-])([O-])F.O=P([O-])([O-])F. The Balaban J connectivity index is -0.000000508. The van der Waals surface area contributed by atoms with Gasteiger partial charge in [-0.3, -0.25) is 0 Å². The number of imidazole rings is 8. The van der Waals surface area contributed by atoms with Crippen molar-refractivity contribution in [3.63, 3.8) is 0 Å². The highest BCUT2D eigenvalue weighted by atomic mass is 31.2. The highest BCUT2D eigenvalue weighted by molar-refractivity contribution is 7.43. The second kappa shape index (κ2) is 52.9. The van der Waals surface area contributed by atoms with E-state index in [2.05, 4.69) is 339 Å². The molecular weight excluding hydrogens is 1380 g/mol. The normalized spacial score (nSPS) is 10.6. The van der Waals surface area contributed by atoms with Crippen LogP contribution in [0.4, 0.5) is 16.8 Å². The van der Waals surface area contributed by atoms with Crippen LogP contribution in [-0.2, 0) is 127 Å². The van der Waals surface area contributed by atoms with Gasteiger partial charge in [-0.25, -0.2) is 89.9 Å². The van der Waals surface area contributed by atoms with Crippen LogP contribution in [0.1, 0.15) is 153 Å². The highest BCUT2D eigenvalue weighted by Crippen LogP contribution is 2.24. The summed E-state index contributed by atoms with van der Waals surface area (Å²) in [6.07, 6.45) is 43.3. The van der Waals surface area contributed by atoms with E-state index in [9.17, 15) is 16.8 Å². The summed E-state index contributed by atoms with van der Waals surface area (Å²) in [7, 11) is -5.99. The smallest absolute Gasteiger partial charge is 0.253 e. The van der Waals surface area contributed by atoms with Crippen molar-refractivity contribution in [2.24, 2.45) is 56.4 Å². The van der Waals surface area contributed by atoms with E-state index in [1.807, 2.05) is 0 Å². The lowest BCUT2D eigenvalue weighted by Gasteiger charge is -2.15. The lowest BCUT2D eigenvalue weighted by atomic mass is 10.5. The van der Waals surface area contributed by atoms with Gasteiger partial charge in [0.15, 0.2) is 0 Å². The average molecular weight is 1510 g/mol. The molecule has 0 fully saturated rings. The Kier molecular flexibility index (Phi) is 53.1. The van der Waals surface area contributed by atoms with E-state index in [0.717, 1.165) is 52.4 Å². The van der Waals surface area contributed by atoms with Crippen molar-refractivity contribution in [2.75, 3.05) is 0 Å². The number of rotatable bonds is 16. The molecule has 8 aromatic rings. The first-order chi connectivity index (χ1) is 46.0. The second-order valence-corrected chi connectivity index (χ2v) is 26.4. The molecule has 0 N–H and O–H groups in total. The first-order valence-corrected chi connectivity index (χ1v) is 38.7. The molecule has 0 aliphatic heterocycles. The van der Waals surface area contributed by atoms with Gasteiger partial charge in [0.1, 0.15) is 131 Å². The van der Waals surface area contributed by atoms with Gasteiger partial charge in [-0.2, -0.15) is 0 Å². The monoisotopic (exact) mass is 1500 g/mol. The van der Waals surface area contributed by atoms with Gasteiger partial charge in [-0.1, -0.05) is 55.4 Å². The summed E-state index contributed by atoms with van der Waals surface area (Å²) in [6, 6.07) is 0. The number of halogens is 4. The maximum absolute atomic E-state index is 10.1. The Bertz CT molecular complexity index is 2960. The summed E-state index contributed by atoms with van der Waals surface area (Å²) >= 11 is 0. The molecule has 28 nitrogen and oxygen atoms in total. The van der Waals surface area contributed by atoms with Crippen LogP contribution in [0.15, 0.2) is 99.1 Å². The first-order valence-electron chi connectivity index (χ1n) is 33.0.